The smallest absolute Gasteiger partial charge is 0.292 e. The molecule has 1 aromatic heterocycles. The minimum Gasteiger partial charge on any atom is -0.324 e. The predicted molar refractivity (Wildman–Crippen MR) is 97.2 cm³/mol. The molecule has 0 saturated heterocycles. The van der Waals surface area contributed by atoms with Crippen molar-refractivity contribution in [1.29, 1.82) is 0 Å². The zero-order valence-corrected chi connectivity index (χ0v) is 15.0. The molecule has 2 aromatic rings. The number of aryl methyl sites for hydroxylation is 2. The standard InChI is InChI=1S/C17H18N4O3S/c1-10-5-4-6-11(2)15(10)19-13(22)8-21-17(24)16-12(7-18-21)25-9-14(23)20(16)3/h4-7H,8-9H2,1-3H3,(H,19,22). The van der Waals surface area contributed by atoms with E-state index in [1.165, 1.54) is 22.9 Å². The lowest BCUT2D eigenvalue weighted by Gasteiger charge is -2.24. The van der Waals surface area contributed by atoms with Gasteiger partial charge >= 0.3 is 0 Å². The average Bonchev–Trinajstić information content (AvgIpc) is 2.57. The lowest BCUT2D eigenvalue weighted by molar-refractivity contribution is -0.117. The number of benzene rings is 1. The second kappa shape index (κ2) is 6.72. The van der Waals surface area contributed by atoms with Crippen molar-refractivity contribution in [2.24, 2.45) is 0 Å². The van der Waals surface area contributed by atoms with Gasteiger partial charge in [0.25, 0.3) is 5.56 Å². The van der Waals surface area contributed by atoms with Gasteiger partial charge in [0, 0.05) is 12.7 Å². The largest absolute Gasteiger partial charge is 0.324 e. The van der Waals surface area contributed by atoms with Crippen LogP contribution in [0.1, 0.15) is 11.1 Å². The first-order chi connectivity index (χ1) is 11.9. The molecule has 1 aliphatic heterocycles. The Kier molecular flexibility index (Phi) is 4.63. The van der Waals surface area contributed by atoms with Gasteiger partial charge in [0.05, 0.1) is 16.8 Å². The molecule has 1 aliphatic rings. The molecule has 0 spiro atoms. The summed E-state index contributed by atoms with van der Waals surface area (Å²) in [7, 11) is 1.56. The van der Waals surface area contributed by atoms with Crippen LogP contribution in [0.25, 0.3) is 0 Å². The molecule has 0 unspecified atom stereocenters. The number of rotatable bonds is 3. The lowest BCUT2D eigenvalue weighted by Crippen LogP contribution is -2.40. The molecule has 0 aliphatic carbocycles. The van der Waals surface area contributed by atoms with E-state index in [1.807, 2.05) is 32.0 Å². The molecule has 0 bridgehead atoms. The quantitative estimate of drug-likeness (QED) is 0.900. The van der Waals surface area contributed by atoms with E-state index in [1.54, 1.807) is 7.05 Å². The van der Waals surface area contributed by atoms with Crippen LogP contribution in [0, 0.1) is 13.8 Å². The minimum atomic E-state index is -0.447. The fourth-order valence-electron chi connectivity index (χ4n) is 2.68. The van der Waals surface area contributed by atoms with Crippen molar-refractivity contribution in [3.8, 4) is 0 Å². The number of para-hydroxylation sites is 1. The second-order valence-corrected chi connectivity index (χ2v) is 6.89. The van der Waals surface area contributed by atoms with Crippen molar-refractivity contribution in [3.63, 3.8) is 0 Å². The Morgan fingerprint density at radius 1 is 1.28 bits per heavy atom. The van der Waals surface area contributed by atoms with Crippen LogP contribution in [0.4, 0.5) is 11.4 Å². The van der Waals surface area contributed by atoms with Gasteiger partial charge in [0.1, 0.15) is 12.2 Å². The molecule has 1 aromatic carbocycles. The minimum absolute atomic E-state index is 0.146. The molecule has 3 rings (SSSR count). The number of carbonyl (C=O) groups is 2. The summed E-state index contributed by atoms with van der Waals surface area (Å²) < 4.78 is 1.08. The van der Waals surface area contributed by atoms with E-state index in [0.717, 1.165) is 21.5 Å². The molecule has 8 heteroatoms. The van der Waals surface area contributed by atoms with E-state index < -0.39 is 5.56 Å². The monoisotopic (exact) mass is 358 g/mol. The van der Waals surface area contributed by atoms with Crippen LogP contribution in [0.15, 0.2) is 34.1 Å². The van der Waals surface area contributed by atoms with Gasteiger partial charge in [-0.1, -0.05) is 18.2 Å². The molecule has 0 atom stereocenters. The summed E-state index contributed by atoms with van der Waals surface area (Å²) in [6.07, 6.45) is 1.52. The fraction of sp³-hybridized carbons (Fsp3) is 0.294. The zero-order valence-electron chi connectivity index (χ0n) is 14.2. The number of aromatic nitrogens is 2. The summed E-state index contributed by atoms with van der Waals surface area (Å²) in [5.74, 6) is -0.210. The molecule has 25 heavy (non-hydrogen) atoms. The Morgan fingerprint density at radius 2 is 1.96 bits per heavy atom. The SMILES string of the molecule is Cc1cccc(C)c1NC(=O)Cn1ncc2c(c1=O)N(C)C(=O)CS2. The number of nitrogens with one attached hydrogen (secondary N) is 1. The van der Waals surface area contributed by atoms with E-state index >= 15 is 0 Å². The molecule has 2 heterocycles. The number of carbonyl (C=O) groups excluding carboxylic acids is 2. The highest BCUT2D eigenvalue weighted by atomic mass is 32.2. The number of thioether (sulfide) groups is 1. The van der Waals surface area contributed by atoms with Crippen LogP contribution in [-0.4, -0.2) is 34.4 Å². The molecular weight excluding hydrogens is 340 g/mol. The van der Waals surface area contributed by atoms with Crippen LogP contribution < -0.4 is 15.8 Å². The number of nitrogens with zero attached hydrogens (tertiary/aromatic N) is 3. The van der Waals surface area contributed by atoms with Crippen molar-refractivity contribution >= 4 is 35.0 Å². The third kappa shape index (κ3) is 3.30. The zero-order chi connectivity index (χ0) is 18.1. The van der Waals surface area contributed by atoms with Gasteiger partial charge in [-0.3, -0.25) is 14.4 Å². The van der Waals surface area contributed by atoms with E-state index in [9.17, 15) is 14.4 Å². The molecule has 130 valence electrons. The first kappa shape index (κ1) is 17.2. The Morgan fingerprint density at radius 3 is 2.64 bits per heavy atom. The van der Waals surface area contributed by atoms with Gasteiger partial charge in [0.2, 0.25) is 11.8 Å². The van der Waals surface area contributed by atoms with Gasteiger partial charge in [-0.05, 0) is 25.0 Å². The van der Waals surface area contributed by atoms with E-state index in [4.69, 9.17) is 0 Å². The van der Waals surface area contributed by atoms with Crippen LogP contribution in [0.2, 0.25) is 0 Å². The van der Waals surface area contributed by atoms with Crippen molar-refractivity contribution in [1.82, 2.24) is 9.78 Å². The fourth-order valence-corrected chi connectivity index (χ4v) is 3.63. The van der Waals surface area contributed by atoms with E-state index in [0.29, 0.717) is 4.90 Å². The Labute approximate surface area is 149 Å². The van der Waals surface area contributed by atoms with Crippen LogP contribution in [0.3, 0.4) is 0 Å². The van der Waals surface area contributed by atoms with Gasteiger partial charge in [-0.2, -0.15) is 5.10 Å². The third-order valence-corrected chi connectivity index (χ3v) is 5.09. The first-order valence-corrected chi connectivity index (χ1v) is 8.72. The summed E-state index contributed by atoms with van der Waals surface area (Å²) in [4.78, 5) is 38.8. The van der Waals surface area contributed by atoms with Crippen LogP contribution in [0.5, 0.6) is 0 Å². The van der Waals surface area contributed by atoms with Crippen molar-refractivity contribution in [2.45, 2.75) is 25.3 Å². The van der Waals surface area contributed by atoms with E-state index in [-0.39, 0.29) is 29.8 Å². The summed E-state index contributed by atoms with van der Waals surface area (Å²) in [6, 6.07) is 5.73. The molecular formula is C17H18N4O3S. The van der Waals surface area contributed by atoms with Crippen LogP contribution in [-0.2, 0) is 16.1 Å². The third-order valence-electron chi connectivity index (χ3n) is 4.08. The average molecular weight is 358 g/mol. The van der Waals surface area contributed by atoms with Crippen molar-refractivity contribution in [3.05, 3.63) is 45.9 Å². The highest BCUT2D eigenvalue weighted by Gasteiger charge is 2.26. The highest BCUT2D eigenvalue weighted by molar-refractivity contribution is 8.00. The summed E-state index contributed by atoms with van der Waals surface area (Å²) >= 11 is 1.28. The lowest BCUT2D eigenvalue weighted by atomic mass is 10.1. The predicted octanol–water partition coefficient (Wildman–Crippen LogP) is 1.57. The Hall–Kier alpha value is -2.61. The summed E-state index contributed by atoms with van der Waals surface area (Å²) in [5, 5.41) is 6.89. The normalized spacial score (nSPS) is 13.6. The topological polar surface area (TPSA) is 84.3 Å². The maximum Gasteiger partial charge on any atom is 0.292 e. The maximum atomic E-state index is 12.6. The molecule has 7 nitrogen and oxygen atoms in total. The van der Waals surface area contributed by atoms with Gasteiger partial charge in [0.15, 0.2) is 0 Å². The Balaban J connectivity index is 1.85. The molecule has 1 N–H and O–H groups in total. The van der Waals surface area contributed by atoms with Gasteiger partial charge in [-0.25, -0.2) is 4.68 Å². The van der Waals surface area contributed by atoms with Gasteiger partial charge < -0.3 is 10.2 Å². The number of anilines is 2. The highest BCUT2D eigenvalue weighted by Crippen LogP contribution is 2.30. The number of hydrogen-bond donors (Lipinski definition) is 1. The molecule has 0 radical (unpaired) electrons. The number of fused-ring (bicyclic) bond motifs is 1. The molecule has 0 saturated carbocycles. The molecule has 0 fully saturated rings. The summed E-state index contributed by atoms with van der Waals surface area (Å²) in [6.45, 7) is 3.60. The number of hydrogen-bond acceptors (Lipinski definition) is 5. The second-order valence-electron chi connectivity index (χ2n) is 5.88. The first-order valence-electron chi connectivity index (χ1n) is 7.74. The maximum absolute atomic E-state index is 12.6. The van der Waals surface area contributed by atoms with Crippen molar-refractivity contribution < 1.29 is 9.59 Å². The van der Waals surface area contributed by atoms with Crippen LogP contribution >= 0.6 is 11.8 Å². The van der Waals surface area contributed by atoms with Gasteiger partial charge in [-0.15, -0.1) is 11.8 Å². The van der Waals surface area contributed by atoms with Crippen molar-refractivity contribution in [2.75, 3.05) is 23.0 Å². The summed E-state index contributed by atoms with van der Waals surface area (Å²) in [5.41, 5.74) is 2.45. The number of amides is 2. The molecule has 2 amide bonds. The Bertz CT molecular complexity index is 902. The van der Waals surface area contributed by atoms with E-state index in [2.05, 4.69) is 10.4 Å².